The van der Waals surface area contributed by atoms with Crippen LogP contribution in [0.1, 0.15) is 34.5 Å². The highest BCUT2D eigenvalue weighted by Gasteiger charge is 2.30. The lowest BCUT2D eigenvalue weighted by atomic mass is 10.0. The molecule has 0 fully saturated rings. The first kappa shape index (κ1) is 23.3. The minimum Gasteiger partial charge on any atom is -0.482 e. The monoisotopic (exact) mass is 476 g/mol. The quantitative estimate of drug-likeness (QED) is 0.512. The molecule has 4 rings (SSSR count). The van der Waals surface area contributed by atoms with Crippen LogP contribution in [0.4, 0.5) is 13.2 Å². The number of aromatic nitrogens is 1. The van der Waals surface area contributed by atoms with Crippen molar-refractivity contribution in [3.63, 3.8) is 0 Å². The average molecular weight is 477 g/mol. The maximum atomic E-state index is 12.8. The van der Waals surface area contributed by atoms with Crippen molar-refractivity contribution in [2.75, 3.05) is 19.7 Å². The van der Waals surface area contributed by atoms with E-state index in [4.69, 9.17) is 9.84 Å². The predicted molar refractivity (Wildman–Crippen MR) is 120 cm³/mol. The maximum Gasteiger partial charge on any atom is 0.416 e. The molecule has 1 aliphatic rings. The van der Waals surface area contributed by atoms with Gasteiger partial charge in [-0.3, -0.25) is 4.90 Å². The van der Waals surface area contributed by atoms with E-state index in [-0.39, 0.29) is 12.6 Å². The van der Waals surface area contributed by atoms with Gasteiger partial charge in [0.15, 0.2) is 6.61 Å². The molecule has 33 heavy (non-hydrogen) atoms. The summed E-state index contributed by atoms with van der Waals surface area (Å²) in [5.74, 6) is -0.452. The smallest absolute Gasteiger partial charge is 0.416 e. The van der Waals surface area contributed by atoms with Crippen LogP contribution in [0.3, 0.4) is 0 Å². The summed E-state index contributed by atoms with van der Waals surface area (Å²) >= 11 is 1.49. The largest absolute Gasteiger partial charge is 0.482 e. The summed E-state index contributed by atoms with van der Waals surface area (Å²) in [6.07, 6.45) is -0.870. The molecule has 174 valence electrons. The van der Waals surface area contributed by atoms with Gasteiger partial charge in [0, 0.05) is 35.8 Å². The molecule has 1 unspecified atom stereocenters. The molecule has 2 aromatic carbocycles. The number of carboxylic acids is 1. The molecule has 0 aliphatic carbocycles. The van der Waals surface area contributed by atoms with E-state index in [1.807, 2.05) is 12.1 Å². The van der Waals surface area contributed by atoms with Crippen molar-refractivity contribution in [3.8, 4) is 16.3 Å². The summed E-state index contributed by atoms with van der Waals surface area (Å²) in [7, 11) is 0. The van der Waals surface area contributed by atoms with E-state index >= 15 is 0 Å². The van der Waals surface area contributed by atoms with Crippen LogP contribution in [0.5, 0.6) is 5.75 Å². The number of carboxylic acid groups (broad SMARTS) is 1. The molecule has 0 saturated carbocycles. The minimum absolute atomic E-state index is 0.114. The Labute approximate surface area is 193 Å². The van der Waals surface area contributed by atoms with Gasteiger partial charge in [0.1, 0.15) is 10.8 Å². The number of halogens is 3. The first-order chi connectivity index (χ1) is 15.7. The highest BCUT2D eigenvalue weighted by molar-refractivity contribution is 7.15. The molecule has 1 aromatic heterocycles. The standard InChI is InChI=1S/C24H23F3N2O3S/c1-15(21-13-28-23(33-21)17-2-5-19(6-3-17)24(25,26)27)29-10-8-16-4-7-20(32-14-22(30)31)12-18(16)9-11-29/h2-7,12-13,15H,8-11,14H2,1H3,(H,30,31). The van der Waals surface area contributed by atoms with Gasteiger partial charge < -0.3 is 9.84 Å². The zero-order valence-corrected chi connectivity index (χ0v) is 18.7. The average Bonchev–Trinajstić information content (AvgIpc) is 3.18. The van der Waals surface area contributed by atoms with Crippen molar-refractivity contribution in [3.05, 3.63) is 70.2 Å². The van der Waals surface area contributed by atoms with E-state index in [1.54, 1.807) is 12.3 Å². The fraction of sp³-hybridized carbons (Fsp3) is 0.333. The second kappa shape index (κ2) is 9.52. The van der Waals surface area contributed by atoms with Crippen LogP contribution in [0, 0.1) is 0 Å². The number of hydrogen-bond donors (Lipinski definition) is 1. The van der Waals surface area contributed by atoms with Crippen LogP contribution in [0.25, 0.3) is 10.6 Å². The Balaban J connectivity index is 1.43. The molecule has 1 atom stereocenters. The number of carbonyl (C=O) groups is 1. The molecule has 5 nitrogen and oxygen atoms in total. The summed E-state index contributed by atoms with van der Waals surface area (Å²) < 4.78 is 43.7. The lowest BCUT2D eigenvalue weighted by molar-refractivity contribution is -0.139. The van der Waals surface area contributed by atoms with Gasteiger partial charge in [-0.25, -0.2) is 9.78 Å². The van der Waals surface area contributed by atoms with Gasteiger partial charge in [-0.1, -0.05) is 18.2 Å². The summed E-state index contributed by atoms with van der Waals surface area (Å²) in [6.45, 7) is 3.43. The van der Waals surface area contributed by atoms with Gasteiger partial charge in [0.2, 0.25) is 0 Å². The van der Waals surface area contributed by atoms with E-state index in [0.29, 0.717) is 16.3 Å². The molecule has 1 aliphatic heterocycles. The fourth-order valence-corrected chi connectivity index (χ4v) is 4.94. The lowest BCUT2D eigenvalue weighted by Crippen LogP contribution is -2.29. The third-order valence-corrected chi connectivity index (χ3v) is 7.04. The van der Waals surface area contributed by atoms with Crippen molar-refractivity contribution < 1.29 is 27.8 Å². The van der Waals surface area contributed by atoms with E-state index in [2.05, 4.69) is 16.8 Å². The highest BCUT2D eigenvalue weighted by atomic mass is 32.1. The molecule has 9 heteroatoms. The van der Waals surface area contributed by atoms with Gasteiger partial charge in [-0.2, -0.15) is 13.2 Å². The number of nitrogens with zero attached hydrogens (tertiary/aromatic N) is 2. The number of rotatable bonds is 6. The maximum absolute atomic E-state index is 12.8. The molecular weight excluding hydrogens is 453 g/mol. The van der Waals surface area contributed by atoms with Crippen LogP contribution >= 0.6 is 11.3 Å². The molecule has 0 bridgehead atoms. The third kappa shape index (κ3) is 5.54. The fourth-order valence-electron chi connectivity index (χ4n) is 3.94. The van der Waals surface area contributed by atoms with Gasteiger partial charge in [0.25, 0.3) is 0 Å². The number of fused-ring (bicyclic) bond motifs is 1. The zero-order valence-electron chi connectivity index (χ0n) is 17.9. The Hall–Kier alpha value is -2.91. The Bertz CT molecular complexity index is 1130. The number of thiazole rings is 1. The second-order valence-electron chi connectivity index (χ2n) is 7.97. The van der Waals surface area contributed by atoms with Crippen LogP contribution in [-0.2, 0) is 23.8 Å². The second-order valence-corrected chi connectivity index (χ2v) is 9.03. The number of hydrogen-bond acceptors (Lipinski definition) is 5. The van der Waals surface area contributed by atoms with Crippen LogP contribution in [0.2, 0.25) is 0 Å². The molecular formula is C24H23F3N2O3S. The molecule has 1 N–H and O–H groups in total. The Morgan fingerprint density at radius 2 is 1.85 bits per heavy atom. The van der Waals surface area contributed by atoms with Gasteiger partial charge in [-0.05, 0) is 55.2 Å². The van der Waals surface area contributed by atoms with Crippen molar-refractivity contribution in [2.24, 2.45) is 0 Å². The van der Waals surface area contributed by atoms with Crippen LogP contribution < -0.4 is 4.74 Å². The predicted octanol–water partition coefficient (Wildman–Crippen LogP) is 5.45. The van der Waals surface area contributed by atoms with E-state index in [9.17, 15) is 18.0 Å². The van der Waals surface area contributed by atoms with Gasteiger partial charge >= 0.3 is 12.1 Å². The Kier molecular flexibility index (Phi) is 6.71. The molecule has 0 amide bonds. The third-order valence-electron chi connectivity index (χ3n) is 5.82. The Morgan fingerprint density at radius 3 is 2.52 bits per heavy atom. The number of benzene rings is 2. The summed E-state index contributed by atoms with van der Waals surface area (Å²) in [5, 5.41) is 9.50. The molecule has 0 saturated heterocycles. The Morgan fingerprint density at radius 1 is 1.15 bits per heavy atom. The van der Waals surface area contributed by atoms with Crippen molar-refractivity contribution in [2.45, 2.75) is 32.0 Å². The summed E-state index contributed by atoms with van der Waals surface area (Å²) in [6, 6.07) is 10.9. The van der Waals surface area contributed by atoms with Crippen LogP contribution in [-0.4, -0.2) is 40.7 Å². The lowest BCUT2D eigenvalue weighted by Gasteiger charge is -2.26. The first-order valence-electron chi connectivity index (χ1n) is 10.5. The van der Waals surface area contributed by atoms with Gasteiger partial charge in [0.05, 0.1) is 5.56 Å². The number of aliphatic carboxylic acids is 1. The molecule has 2 heterocycles. The summed E-state index contributed by atoms with van der Waals surface area (Å²) in [4.78, 5) is 18.6. The van der Waals surface area contributed by atoms with Gasteiger partial charge in [-0.15, -0.1) is 11.3 Å². The van der Waals surface area contributed by atoms with E-state index in [1.165, 1.54) is 29.0 Å². The van der Waals surface area contributed by atoms with Crippen LogP contribution in [0.15, 0.2) is 48.7 Å². The minimum atomic E-state index is -4.35. The first-order valence-corrected chi connectivity index (χ1v) is 11.4. The van der Waals surface area contributed by atoms with E-state index in [0.717, 1.165) is 48.5 Å². The topological polar surface area (TPSA) is 62.7 Å². The normalized spacial score (nSPS) is 15.5. The molecule has 3 aromatic rings. The summed E-state index contributed by atoms with van der Waals surface area (Å²) in [5.41, 5.74) is 2.38. The van der Waals surface area contributed by atoms with Crippen molar-refractivity contribution in [1.82, 2.24) is 9.88 Å². The molecule has 0 radical (unpaired) electrons. The van der Waals surface area contributed by atoms with Crippen molar-refractivity contribution >= 4 is 17.3 Å². The number of alkyl halides is 3. The number of ether oxygens (including phenoxy) is 1. The van der Waals surface area contributed by atoms with E-state index < -0.39 is 17.7 Å². The SMILES string of the molecule is CC(c1cnc(-c2ccc(C(F)(F)F)cc2)s1)N1CCc2ccc(OCC(=O)O)cc2CC1. The van der Waals surface area contributed by atoms with Crippen molar-refractivity contribution in [1.29, 1.82) is 0 Å². The highest BCUT2D eigenvalue weighted by Crippen LogP contribution is 2.35. The molecule has 0 spiro atoms. The zero-order chi connectivity index (χ0) is 23.6.